The number of rotatable bonds is 6. The Morgan fingerprint density at radius 1 is 1.06 bits per heavy atom. The predicted octanol–water partition coefficient (Wildman–Crippen LogP) is 5.34. The first-order chi connectivity index (χ1) is 15.3. The first-order valence-electron chi connectivity index (χ1n) is 11.1. The number of halogens is 1. The standard InChI is InChI=1S/C25H28ClN3O2/c26-21-8-9-22-20(16-27-23(22)15-21)7-4-10-28-11-13-29(14-12-28)25-18-30-24(17-31-25)19-5-2-1-3-6-19/h1-2,5,8-9,15-18,27H,3-4,6-7,10-14H2. The van der Waals surface area contributed by atoms with E-state index in [0.717, 1.165) is 80.6 Å². The van der Waals surface area contributed by atoms with Gasteiger partial charge in [0.15, 0.2) is 12.0 Å². The SMILES string of the molecule is Clc1ccc2c(CCCN3CCN(C4=COC(C5=CC=CCC5)=CO4)CC3)c[nH]c2c1. The Balaban J connectivity index is 1.07. The minimum Gasteiger partial charge on any atom is -0.456 e. The molecule has 6 heteroatoms. The fourth-order valence-corrected chi connectivity index (χ4v) is 4.61. The van der Waals surface area contributed by atoms with Gasteiger partial charge in [-0.2, -0.15) is 0 Å². The maximum absolute atomic E-state index is 6.09. The minimum atomic E-state index is 0.774. The summed E-state index contributed by atoms with van der Waals surface area (Å²) in [7, 11) is 0. The van der Waals surface area contributed by atoms with E-state index < -0.39 is 0 Å². The van der Waals surface area contributed by atoms with Crippen LogP contribution in [0, 0.1) is 0 Å². The summed E-state index contributed by atoms with van der Waals surface area (Å²) >= 11 is 6.09. The number of piperazine rings is 1. The highest BCUT2D eigenvalue weighted by atomic mass is 35.5. The average Bonchev–Trinajstić information content (AvgIpc) is 3.22. The highest BCUT2D eigenvalue weighted by Gasteiger charge is 2.22. The third-order valence-electron chi connectivity index (χ3n) is 6.24. The number of nitrogens with one attached hydrogen (secondary N) is 1. The average molecular weight is 438 g/mol. The molecule has 2 aliphatic heterocycles. The van der Waals surface area contributed by atoms with E-state index >= 15 is 0 Å². The fourth-order valence-electron chi connectivity index (χ4n) is 4.44. The van der Waals surface area contributed by atoms with Crippen molar-refractivity contribution in [2.75, 3.05) is 32.7 Å². The Bertz CT molecular complexity index is 1060. The van der Waals surface area contributed by atoms with Crippen molar-refractivity contribution in [2.24, 2.45) is 0 Å². The van der Waals surface area contributed by atoms with Gasteiger partial charge in [-0.05, 0) is 55.5 Å². The molecule has 3 heterocycles. The van der Waals surface area contributed by atoms with Gasteiger partial charge in [0, 0.05) is 48.3 Å². The maximum atomic E-state index is 6.09. The molecule has 0 atom stereocenters. The van der Waals surface area contributed by atoms with Crippen molar-refractivity contribution in [2.45, 2.75) is 25.7 Å². The van der Waals surface area contributed by atoms with Gasteiger partial charge in [0.2, 0.25) is 5.88 Å². The van der Waals surface area contributed by atoms with Crippen LogP contribution in [0.1, 0.15) is 24.8 Å². The molecular weight excluding hydrogens is 410 g/mol. The molecule has 0 saturated carbocycles. The minimum absolute atomic E-state index is 0.774. The summed E-state index contributed by atoms with van der Waals surface area (Å²) in [5, 5.41) is 2.05. The van der Waals surface area contributed by atoms with Crippen LogP contribution in [-0.4, -0.2) is 47.5 Å². The van der Waals surface area contributed by atoms with E-state index in [1.54, 1.807) is 12.5 Å². The van der Waals surface area contributed by atoms with Gasteiger partial charge < -0.3 is 19.4 Å². The van der Waals surface area contributed by atoms with Crippen molar-refractivity contribution in [1.29, 1.82) is 0 Å². The van der Waals surface area contributed by atoms with E-state index in [4.69, 9.17) is 21.1 Å². The van der Waals surface area contributed by atoms with Crippen molar-refractivity contribution in [1.82, 2.24) is 14.8 Å². The molecule has 5 nitrogen and oxygen atoms in total. The molecule has 0 spiro atoms. The van der Waals surface area contributed by atoms with Crippen LogP contribution in [0.4, 0.5) is 0 Å². The van der Waals surface area contributed by atoms with Crippen LogP contribution in [0.15, 0.2) is 72.4 Å². The number of allylic oxidation sites excluding steroid dienone is 4. The lowest BCUT2D eigenvalue weighted by Crippen LogP contribution is -2.46. The van der Waals surface area contributed by atoms with Crippen LogP contribution in [0.5, 0.6) is 0 Å². The number of hydrogen-bond donors (Lipinski definition) is 1. The summed E-state index contributed by atoms with van der Waals surface area (Å²) in [6, 6.07) is 6.07. The van der Waals surface area contributed by atoms with Gasteiger partial charge in [-0.1, -0.05) is 35.9 Å². The number of aromatic nitrogens is 1. The Morgan fingerprint density at radius 2 is 1.97 bits per heavy atom. The van der Waals surface area contributed by atoms with E-state index in [1.807, 2.05) is 12.1 Å². The Morgan fingerprint density at radius 3 is 2.74 bits per heavy atom. The van der Waals surface area contributed by atoms with Crippen LogP contribution < -0.4 is 0 Å². The highest BCUT2D eigenvalue weighted by molar-refractivity contribution is 6.31. The van der Waals surface area contributed by atoms with Crippen LogP contribution in [0.2, 0.25) is 5.02 Å². The molecule has 0 radical (unpaired) electrons. The monoisotopic (exact) mass is 437 g/mol. The van der Waals surface area contributed by atoms with Gasteiger partial charge in [0.1, 0.15) is 6.26 Å². The number of aromatic amines is 1. The van der Waals surface area contributed by atoms with Crippen molar-refractivity contribution in [3.8, 4) is 0 Å². The topological polar surface area (TPSA) is 40.7 Å². The Kier molecular flexibility index (Phi) is 6.05. The molecule has 1 saturated heterocycles. The molecule has 0 bridgehead atoms. The van der Waals surface area contributed by atoms with Crippen molar-refractivity contribution in [3.63, 3.8) is 0 Å². The van der Waals surface area contributed by atoms with Gasteiger partial charge in [-0.25, -0.2) is 0 Å². The number of benzene rings is 1. The largest absolute Gasteiger partial charge is 0.456 e. The van der Waals surface area contributed by atoms with Crippen molar-refractivity contribution >= 4 is 22.5 Å². The zero-order valence-corrected chi connectivity index (χ0v) is 18.4. The predicted molar refractivity (Wildman–Crippen MR) is 124 cm³/mol. The summed E-state index contributed by atoms with van der Waals surface area (Å²) in [6.45, 7) is 5.09. The Hall–Kier alpha value is -2.63. The van der Waals surface area contributed by atoms with E-state index in [1.165, 1.54) is 16.5 Å². The lowest BCUT2D eigenvalue weighted by molar-refractivity contribution is 0.0842. The Labute approximate surface area is 188 Å². The number of H-pyrrole nitrogens is 1. The molecule has 1 N–H and O–H groups in total. The van der Waals surface area contributed by atoms with Crippen molar-refractivity contribution < 1.29 is 9.47 Å². The molecule has 1 fully saturated rings. The number of nitrogens with zero attached hydrogens (tertiary/aromatic N) is 2. The van der Waals surface area contributed by atoms with Gasteiger partial charge in [-0.15, -0.1) is 0 Å². The summed E-state index contributed by atoms with van der Waals surface area (Å²) in [5.41, 5.74) is 3.68. The second-order valence-electron chi connectivity index (χ2n) is 8.27. The molecular formula is C25H28ClN3O2. The molecule has 0 unspecified atom stereocenters. The number of hydrogen-bond acceptors (Lipinski definition) is 4. The third kappa shape index (κ3) is 4.68. The van der Waals surface area contributed by atoms with Crippen molar-refractivity contribution in [3.05, 3.63) is 82.9 Å². The van der Waals surface area contributed by atoms with Crippen LogP contribution in [0.3, 0.4) is 0 Å². The molecule has 0 amide bonds. The smallest absolute Gasteiger partial charge is 0.231 e. The second-order valence-corrected chi connectivity index (χ2v) is 8.71. The van der Waals surface area contributed by atoms with Crippen LogP contribution in [0.25, 0.3) is 10.9 Å². The summed E-state index contributed by atoms with van der Waals surface area (Å²) < 4.78 is 11.8. The molecule has 1 aromatic carbocycles. The number of ether oxygens (including phenoxy) is 2. The van der Waals surface area contributed by atoms with E-state index in [-0.39, 0.29) is 0 Å². The zero-order valence-electron chi connectivity index (χ0n) is 17.6. The highest BCUT2D eigenvalue weighted by Crippen LogP contribution is 2.27. The molecule has 162 valence electrons. The van der Waals surface area contributed by atoms with Crippen LogP contribution in [-0.2, 0) is 15.9 Å². The molecule has 3 aliphatic rings. The van der Waals surface area contributed by atoms with Gasteiger partial charge in [-0.3, -0.25) is 4.90 Å². The molecule has 5 rings (SSSR count). The lowest BCUT2D eigenvalue weighted by atomic mass is 10.0. The molecule has 31 heavy (non-hydrogen) atoms. The lowest BCUT2D eigenvalue weighted by Gasteiger charge is -2.36. The number of fused-ring (bicyclic) bond motifs is 1. The van der Waals surface area contributed by atoms with E-state index in [0.29, 0.717) is 0 Å². The fraction of sp³-hybridized carbons (Fsp3) is 0.360. The number of aryl methyl sites for hydroxylation is 1. The third-order valence-corrected chi connectivity index (χ3v) is 6.47. The first-order valence-corrected chi connectivity index (χ1v) is 11.5. The summed E-state index contributed by atoms with van der Waals surface area (Å²) in [5.74, 6) is 1.64. The van der Waals surface area contributed by atoms with Gasteiger partial charge >= 0.3 is 0 Å². The van der Waals surface area contributed by atoms with E-state index in [2.05, 4.69) is 45.3 Å². The zero-order chi connectivity index (χ0) is 21.0. The second kappa shape index (κ2) is 9.25. The van der Waals surface area contributed by atoms with Gasteiger partial charge in [0.25, 0.3) is 0 Å². The van der Waals surface area contributed by atoms with E-state index in [9.17, 15) is 0 Å². The summed E-state index contributed by atoms with van der Waals surface area (Å²) in [6.07, 6.45) is 16.2. The van der Waals surface area contributed by atoms with Crippen LogP contribution >= 0.6 is 11.6 Å². The molecule has 1 aliphatic carbocycles. The molecule has 1 aromatic heterocycles. The first kappa shape index (κ1) is 20.3. The maximum Gasteiger partial charge on any atom is 0.231 e. The van der Waals surface area contributed by atoms with Gasteiger partial charge in [0.05, 0.1) is 0 Å². The summed E-state index contributed by atoms with van der Waals surface area (Å²) in [4.78, 5) is 8.14. The quantitative estimate of drug-likeness (QED) is 0.662. The normalized spacial score (nSPS) is 19.5. The molecule has 2 aromatic rings.